The zero-order valence-electron chi connectivity index (χ0n) is 17.4. The van der Waals surface area contributed by atoms with Crippen molar-refractivity contribution in [1.29, 1.82) is 0 Å². The zero-order chi connectivity index (χ0) is 22.5. The first-order chi connectivity index (χ1) is 14.9. The number of rotatable bonds is 6. The van der Waals surface area contributed by atoms with E-state index in [1.54, 1.807) is 55.6 Å². The molecule has 1 aliphatic heterocycles. The van der Waals surface area contributed by atoms with E-state index < -0.39 is 5.97 Å². The maximum atomic E-state index is 12.7. The van der Waals surface area contributed by atoms with Gasteiger partial charge in [0, 0.05) is 12.6 Å². The van der Waals surface area contributed by atoms with Crippen LogP contribution in [0.5, 0.6) is 11.5 Å². The molecule has 0 atom stereocenters. The van der Waals surface area contributed by atoms with E-state index in [1.807, 2.05) is 0 Å². The average Bonchev–Trinajstić information content (AvgIpc) is 3.03. The predicted octanol–water partition coefficient (Wildman–Crippen LogP) is 4.15. The summed E-state index contributed by atoms with van der Waals surface area (Å²) in [7, 11) is 4.45. The number of nitrogens with zero attached hydrogens (tertiary/aromatic N) is 2. The van der Waals surface area contributed by atoms with E-state index in [2.05, 4.69) is 16.3 Å². The molecule has 2 aromatic rings. The molecule has 1 heterocycles. The van der Waals surface area contributed by atoms with Crippen molar-refractivity contribution in [2.75, 3.05) is 21.3 Å². The number of hydrogen-bond acceptors (Lipinski definition) is 7. The van der Waals surface area contributed by atoms with E-state index in [4.69, 9.17) is 4.74 Å². The molecule has 0 unspecified atom stereocenters. The Hall–Kier alpha value is -3.52. The van der Waals surface area contributed by atoms with Crippen molar-refractivity contribution < 1.29 is 24.2 Å². The van der Waals surface area contributed by atoms with Gasteiger partial charge in [-0.15, -0.1) is 6.58 Å². The molecule has 0 aliphatic carbocycles. The molecule has 1 amide bonds. The summed E-state index contributed by atoms with van der Waals surface area (Å²) in [5, 5.41) is 10.8. The number of thioether (sulfide) groups is 1. The second kappa shape index (κ2) is 9.53. The summed E-state index contributed by atoms with van der Waals surface area (Å²) in [6.45, 7) is 3.70. The van der Waals surface area contributed by atoms with Crippen molar-refractivity contribution in [3.63, 3.8) is 0 Å². The van der Waals surface area contributed by atoms with Crippen LogP contribution in [0, 0.1) is 0 Å². The normalized spacial score (nSPS) is 16.1. The van der Waals surface area contributed by atoms with Gasteiger partial charge in [0.05, 0.1) is 30.4 Å². The van der Waals surface area contributed by atoms with E-state index in [9.17, 15) is 14.7 Å². The minimum Gasteiger partial charge on any atom is -0.504 e. The third kappa shape index (κ3) is 4.80. The number of likely N-dealkylation sites (N-methyl/N-ethyl adjacent to an activating group) is 1. The summed E-state index contributed by atoms with van der Waals surface area (Å²) in [5.41, 5.74) is 2.41. The van der Waals surface area contributed by atoms with Crippen LogP contribution in [0.1, 0.15) is 21.5 Å². The zero-order valence-corrected chi connectivity index (χ0v) is 18.2. The number of aromatic hydroxyl groups is 1. The molecule has 0 bridgehead atoms. The van der Waals surface area contributed by atoms with Gasteiger partial charge in [-0.05, 0) is 66.2 Å². The van der Waals surface area contributed by atoms with Crippen LogP contribution in [0.25, 0.3) is 6.08 Å². The molecule has 2 aromatic carbocycles. The minimum absolute atomic E-state index is 0.0599. The molecule has 1 aliphatic rings. The highest BCUT2D eigenvalue weighted by Crippen LogP contribution is 2.36. The van der Waals surface area contributed by atoms with Crippen LogP contribution in [0.15, 0.2) is 59.0 Å². The topological polar surface area (TPSA) is 88.4 Å². The quantitative estimate of drug-likeness (QED) is 0.414. The molecule has 31 heavy (non-hydrogen) atoms. The Morgan fingerprint density at radius 2 is 1.97 bits per heavy atom. The summed E-state index contributed by atoms with van der Waals surface area (Å²) >= 11 is 1.24. The number of esters is 1. The lowest BCUT2D eigenvalue weighted by Gasteiger charge is -2.09. The van der Waals surface area contributed by atoms with E-state index in [-0.39, 0.29) is 11.7 Å². The Labute approximate surface area is 184 Å². The fourth-order valence-electron chi connectivity index (χ4n) is 2.94. The van der Waals surface area contributed by atoms with Crippen molar-refractivity contribution >= 4 is 40.6 Å². The maximum absolute atomic E-state index is 12.7. The second-order valence-electron chi connectivity index (χ2n) is 6.63. The van der Waals surface area contributed by atoms with Crippen molar-refractivity contribution in [2.24, 2.45) is 4.99 Å². The highest BCUT2D eigenvalue weighted by atomic mass is 32.2. The number of methoxy groups -OCH3 is 2. The van der Waals surface area contributed by atoms with Crippen molar-refractivity contribution in [1.82, 2.24) is 4.90 Å². The van der Waals surface area contributed by atoms with E-state index >= 15 is 0 Å². The first-order valence-electron chi connectivity index (χ1n) is 9.33. The van der Waals surface area contributed by atoms with Crippen LogP contribution in [0.2, 0.25) is 0 Å². The first kappa shape index (κ1) is 22.2. The third-order valence-electron chi connectivity index (χ3n) is 4.57. The van der Waals surface area contributed by atoms with Gasteiger partial charge in [-0.2, -0.15) is 0 Å². The van der Waals surface area contributed by atoms with E-state index in [0.717, 1.165) is 5.56 Å². The summed E-state index contributed by atoms with van der Waals surface area (Å²) in [6, 6.07) is 10.1. The summed E-state index contributed by atoms with van der Waals surface area (Å²) in [6.07, 6.45) is 3.89. The van der Waals surface area contributed by atoms with Crippen LogP contribution in [-0.4, -0.2) is 48.3 Å². The van der Waals surface area contributed by atoms with Gasteiger partial charge in [0.2, 0.25) is 0 Å². The molecule has 0 spiro atoms. The largest absolute Gasteiger partial charge is 0.504 e. The van der Waals surface area contributed by atoms with Gasteiger partial charge in [0.25, 0.3) is 5.91 Å². The average molecular weight is 439 g/mol. The molecule has 1 N–H and O–H groups in total. The number of ether oxygens (including phenoxy) is 2. The van der Waals surface area contributed by atoms with Crippen molar-refractivity contribution in [3.05, 3.63) is 70.6 Å². The van der Waals surface area contributed by atoms with Gasteiger partial charge >= 0.3 is 5.97 Å². The number of benzene rings is 2. The minimum atomic E-state index is -0.424. The smallest absolute Gasteiger partial charge is 0.337 e. The van der Waals surface area contributed by atoms with E-state index in [1.165, 1.54) is 30.9 Å². The third-order valence-corrected chi connectivity index (χ3v) is 5.63. The molecule has 0 aromatic heterocycles. The van der Waals surface area contributed by atoms with Crippen LogP contribution in [-0.2, 0) is 16.0 Å². The predicted molar refractivity (Wildman–Crippen MR) is 122 cm³/mol. The molecule has 7 nitrogen and oxygen atoms in total. The number of amidine groups is 1. The van der Waals surface area contributed by atoms with Crippen molar-refractivity contribution in [2.45, 2.75) is 6.42 Å². The molecular weight excluding hydrogens is 416 g/mol. The SMILES string of the molecule is C=CCc1cc(/C=C2\SC(=Nc3ccc(C(=O)OC)cc3)N(C)C2=O)cc(OC)c1O. The van der Waals surface area contributed by atoms with Gasteiger partial charge < -0.3 is 14.6 Å². The number of hydrogen-bond donors (Lipinski definition) is 1. The van der Waals surface area contributed by atoms with Gasteiger partial charge in [0.1, 0.15) is 0 Å². The van der Waals surface area contributed by atoms with Crippen LogP contribution in [0.3, 0.4) is 0 Å². The molecule has 8 heteroatoms. The van der Waals surface area contributed by atoms with Crippen LogP contribution < -0.4 is 4.74 Å². The maximum Gasteiger partial charge on any atom is 0.337 e. The van der Waals surface area contributed by atoms with Gasteiger partial charge in [0.15, 0.2) is 16.7 Å². The van der Waals surface area contributed by atoms with Gasteiger partial charge in [-0.25, -0.2) is 9.79 Å². The van der Waals surface area contributed by atoms with Crippen molar-refractivity contribution in [3.8, 4) is 11.5 Å². The molecule has 0 saturated carbocycles. The summed E-state index contributed by atoms with van der Waals surface area (Å²) in [5.74, 6) is -0.223. The Kier molecular flexibility index (Phi) is 6.81. The molecule has 0 radical (unpaired) electrons. The molecule has 3 rings (SSSR count). The number of carbonyl (C=O) groups excluding carboxylic acids is 2. The number of aliphatic imine (C=N–C) groups is 1. The highest BCUT2D eigenvalue weighted by molar-refractivity contribution is 8.18. The highest BCUT2D eigenvalue weighted by Gasteiger charge is 2.30. The molecule has 1 saturated heterocycles. The van der Waals surface area contributed by atoms with Gasteiger partial charge in [-0.3, -0.25) is 9.69 Å². The lowest BCUT2D eigenvalue weighted by Crippen LogP contribution is -2.23. The first-order valence-corrected chi connectivity index (χ1v) is 10.1. The van der Waals surface area contributed by atoms with Crippen LogP contribution >= 0.6 is 11.8 Å². The summed E-state index contributed by atoms with van der Waals surface area (Å²) in [4.78, 5) is 30.8. The van der Waals surface area contributed by atoms with Crippen LogP contribution in [0.4, 0.5) is 5.69 Å². The monoisotopic (exact) mass is 438 g/mol. The Morgan fingerprint density at radius 1 is 1.26 bits per heavy atom. The summed E-state index contributed by atoms with van der Waals surface area (Å²) < 4.78 is 9.94. The molecule has 160 valence electrons. The van der Waals surface area contributed by atoms with E-state index in [0.29, 0.717) is 39.1 Å². The number of carbonyl (C=O) groups is 2. The number of phenols is 1. The Balaban J connectivity index is 1.90. The Morgan fingerprint density at radius 3 is 2.58 bits per heavy atom. The molecule has 1 fully saturated rings. The van der Waals surface area contributed by atoms with Gasteiger partial charge in [-0.1, -0.05) is 6.08 Å². The Bertz CT molecular complexity index is 1090. The lowest BCUT2D eigenvalue weighted by atomic mass is 10.1. The fourth-order valence-corrected chi connectivity index (χ4v) is 3.93. The number of amides is 1. The standard InChI is InChI=1S/C23H22N2O5S/c1-5-6-16-11-14(12-18(29-3)20(16)26)13-19-21(27)25(2)23(31-19)24-17-9-7-15(8-10-17)22(28)30-4/h5,7-13,26H,1,6H2,2-4H3/b19-13-,24-23?. The number of phenolic OH excluding ortho intramolecular Hbond substituents is 1. The molecular formula is C23H22N2O5S. The second-order valence-corrected chi connectivity index (χ2v) is 7.64. The fraction of sp³-hybridized carbons (Fsp3) is 0.174. The lowest BCUT2D eigenvalue weighted by molar-refractivity contribution is -0.121. The number of allylic oxidation sites excluding steroid dienone is 1.